The third kappa shape index (κ3) is 4.10. The smallest absolute Gasteiger partial charge is 0.346 e. The van der Waals surface area contributed by atoms with Gasteiger partial charge in [-0.3, -0.25) is 0 Å². The average molecular weight is 324 g/mol. The van der Waals surface area contributed by atoms with Crippen LogP contribution >= 0.6 is 0 Å². The van der Waals surface area contributed by atoms with Crippen LogP contribution in [0.4, 0.5) is 0 Å². The lowest BCUT2D eigenvalue weighted by atomic mass is 9.98. The molecule has 24 heavy (non-hydrogen) atoms. The molecule has 124 valence electrons. The summed E-state index contributed by atoms with van der Waals surface area (Å²) in [6.45, 7) is 3.71. The van der Waals surface area contributed by atoms with E-state index in [0.29, 0.717) is 16.9 Å². The summed E-state index contributed by atoms with van der Waals surface area (Å²) in [5.41, 5.74) is 1.41. The van der Waals surface area contributed by atoms with Crippen LogP contribution in [0, 0.1) is 5.92 Å². The molecular formula is C20H20O4. The third-order valence-corrected chi connectivity index (χ3v) is 3.48. The predicted molar refractivity (Wildman–Crippen MR) is 92.1 cm³/mol. The van der Waals surface area contributed by atoms with Crippen LogP contribution in [0.1, 0.15) is 29.8 Å². The second-order valence-corrected chi connectivity index (χ2v) is 5.51. The fourth-order valence-electron chi connectivity index (χ4n) is 2.34. The molecule has 0 saturated carbocycles. The summed E-state index contributed by atoms with van der Waals surface area (Å²) < 4.78 is 10.5. The Labute approximate surface area is 141 Å². The molecule has 0 unspecified atom stereocenters. The summed E-state index contributed by atoms with van der Waals surface area (Å²) in [6.07, 6.45) is 0. The number of rotatable bonds is 5. The van der Waals surface area contributed by atoms with Crippen molar-refractivity contribution in [2.45, 2.75) is 13.8 Å². The molecule has 0 fully saturated rings. The third-order valence-electron chi connectivity index (χ3n) is 3.48. The van der Waals surface area contributed by atoms with Gasteiger partial charge in [-0.15, -0.1) is 0 Å². The summed E-state index contributed by atoms with van der Waals surface area (Å²) >= 11 is 0. The van der Waals surface area contributed by atoms with Crippen LogP contribution in [0.3, 0.4) is 0 Å². The van der Waals surface area contributed by atoms with Crippen molar-refractivity contribution in [2.75, 3.05) is 7.11 Å². The average Bonchev–Trinajstić information content (AvgIpc) is 2.60. The van der Waals surface area contributed by atoms with Crippen molar-refractivity contribution < 1.29 is 19.1 Å². The maximum absolute atomic E-state index is 12.6. The maximum Gasteiger partial charge on any atom is 0.346 e. The van der Waals surface area contributed by atoms with E-state index < -0.39 is 11.9 Å². The van der Waals surface area contributed by atoms with Crippen LogP contribution in [0.15, 0.2) is 66.2 Å². The molecule has 4 nitrogen and oxygen atoms in total. The quantitative estimate of drug-likeness (QED) is 0.360. The van der Waals surface area contributed by atoms with Crippen LogP contribution in [0.25, 0.3) is 5.76 Å². The van der Waals surface area contributed by atoms with Crippen LogP contribution < -0.4 is 0 Å². The van der Waals surface area contributed by atoms with Gasteiger partial charge in [0.05, 0.1) is 18.2 Å². The highest BCUT2D eigenvalue weighted by molar-refractivity contribution is 6.05. The Balaban J connectivity index is 2.34. The molecule has 0 bridgehead atoms. The van der Waals surface area contributed by atoms with Crippen molar-refractivity contribution in [3.63, 3.8) is 0 Å². The number of esters is 2. The highest BCUT2D eigenvalue weighted by Crippen LogP contribution is 2.26. The topological polar surface area (TPSA) is 52.6 Å². The molecule has 0 aliphatic carbocycles. The van der Waals surface area contributed by atoms with E-state index in [2.05, 4.69) is 0 Å². The largest absolute Gasteiger partial charge is 0.496 e. The zero-order valence-electron chi connectivity index (χ0n) is 14.0. The molecule has 0 atom stereocenters. The van der Waals surface area contributed by atoms with E-state index in [1.165, 1.54) is 7.11 Å². The first-order valence-electron chi connectivity index (χ1n) is 7.69. The van der Waals surface area contributed by atoms with Gasteiger partial charge in [-0.2, -0.15) is 0 Å². The minimum absolute atomic E-state index is 0.170. The Morgan fingerprint density at radius 1 is 0.833 bits per heavy atom. The van der Waals surface area contributed by atoms with Gasteiger partial charge >= 0.3 is 11.9 Å². The van der Waals surface area contributed by atoms with Gasteiger partial charge in [-0.1, -0.05) is 62.4 Å². The fourth-order valence-corrected chi connectivity index (χ4v) is 2.34. The molecule has 0 aliphatic rings. The Hall–Kier alpha value is -2.88. The lowest BCUT2D eigenvalue weighted by Crippen LogP contribution is -2.19. The number of hydrogen-bond donors (Lipinski definition) is 0. The summed E-state index contributed by atoms with van der Waals surface area (Å²) in [6, 6.07) is 17.7. The van der Waals surface area contributed by atoms with E-state index in [9.17, 15) is 9.59 Å². The Morgan fingerprint density at radius 3 is 1.79 bits per heavy atom. The molecule has 0 saturated heterocycles. The van der Waals surface area contributed by atoms with E-state index >= 15 is 0 Å². The van der Waals surface area contributed by atoms with Gasteiger partial charge in [0.1, 0.15) is 5.76 Å². The van der Waals surface area contributed by atoms with Crippen LogP contribution in [-0.2, 0) is 14.3 Å². The summed E-state index contributed by atoms with van der Waals surface area (Å²) in [5.74, 6) is -1.13. The molecule has 0 aromatic heterocycles. The van der Waals surface area contributed by atoms with Gasteiger partial charge in [0.25, 0.3) is 0 Å². The van der Waals surface area contributed by atoms with E-state index in [1.807, 2.05) is 44.2 Å². The number of methoxy groups -OCH3 is 1. The maximum atomic E-state index is 12.6. The zero-order chi connectivity index (χ0) is 17.5. The molecule has 4 heteroatoms. The van der Waals surface area contributed by atoms with Crippen molar-refractivity contribution in [1.82, 2.24) is 0 Å². The summed E-state index contributed by atoms with van der Waals surface area (Å²) in [7, 11) is 1.50. The Kier molecular flexibility index (Phi) is 5.90. The van der Waals surface area contributed by atoms with Gasteiger partial charge in [0.2, 0.25) is 0 Å². The van der Waals surface area contributed by atoms with Crippen molar-refractivity contribution in [2.24, 2.45) is 5.92 Å². The molecular weight excluding hydrogens is 304 g/mol. The van der Waals surface area contributed by atoms with Gasteiger partial charge in [-0.05, 0) is 18.1 Å². The summed E-state index contributed by atoms with van der Waals surface area (Å²) in [4.78, 5) is 24.7. The highest BCUT2D eigenvalue weighted by Gasteiger charge is 2.25. The molecule has 0 spiro atoms. The molecule has 2 aromatic rings. The normalized spacial score (nSPS) is 11.7. The highest BCUT2D eigenvalue weighted by atomic mass is 16.6. The second-order valence-electron chi connectivity index (χ2n) is 5.51. The SMILES string of the molecule is COC(=C(C(=O)OC(=O)c1ccccc1)C(C)C)c1ccccc1. The zero-order valence-corrected chi connectivity index (χ0v) is 14.0. The fraction of sp³-hybridized carbons (Fsp3) is 0.200. The first kappa shape index (κ1) is 17.5. The molecule has 0 radical (unpaired) electrons. The molecule has 0 heterocycles. The van der Waals surface area contributed by atoms with Gasteiger partial charge in [-0.25, -0.2) is 9.59 Å². The molecule has 2 rings (SSSR count). The molecule has 2 aromatic carbocycles. The van der Waals surface area contributed by atoms with Crippen molar-refractivity contribution in [1.29, 1.82) is 0 Å². The van der Waals surface area contributed by atoms with Gasteiger partial charge in [0, 0.05) is 5.56 Å². The molecule has 0 aliphatic heterocycles. The summed E-state index contributed by atoms with van der Waals surface area (Å²) in [5, 5.41) is 0. The van der Waals surface area contributed by atoms with E-state index in [-0.39, 0.29) is 5.92 Å². The second kappa shape index (κ2) is 8.11. The standard InChI is InChI=1S/C20H20O4/c1-14(2)17(18(23-3)15-10-6-4-7-11-15)20(22)24-19(21)16-12-8-5-9-13-16/h4-14H,1-3H3. The number of benzene rings is 2. The molecule has 0 amide bonds. The van der Waals surface area contributed by atoms with E-state index in [4.69, 9.17) is 9.47 Å². The predicted octanol–water partition coefficient (Wildman–Crippen LogP) is 4.08. The lowest BCUT2D eigenvalue weighted by molar-refractivity contribution is -0.134. The van der Waals surface area contributed by atoms with Gasteiger partial charge in [0.15, 0.2) is 0 Å². The lowest BCUT2D eigenvalue weighted by Gasteiger charge is -2.16. The van der Waals surface area contributed by atoms with Crippen molar-refractivity contribution in [3.05, 3.63) is 77.4 Å². The minimum atomic E-state index is -0.695. The Bertz CT molecular complexity index is 731. The number of hydrogen-bond acceptors (Lipinski definition) is 4. The van der Waals surface area contributed by atoms with Crippen LogP contribution in [-0.4, -0.2) is 19.0 Å². The minimum Gasteiger partial charge on any atom is -0.496 e. The van der Waals surface area contributed by atoms with E-state index in [1.54, 1.807) is 30.3 Å². The number of carbonyl (C=O) groups is 2. The van der Waals surface area contributed by atoms with E-state index in [0.717, 1.165) is 5.56 Å². The monoisotopic (exact) mass is 324 g/mol. The molecule has 0 N–H and O–H groups in total. The van der Waals surface area contributed by atoms with Crippen molar-refractivity contribution in [3.8, 4) is 0 Å². The van der Waals surface area contributed by atoms with Crippen LogP contribution in [0.5, 0.6) is 0 Å². The number of carbonyl (C=O) groups excluding carboxylic acids is 2. The first-order valence-corrected chi connectivity index (χ1v) is 7.69. The number of ether oxygens (including phenoxy) is 2. The van der Waals surface area contributed by atoms with Crippen LogP contribution in [0.2, 0.25) is 0 Å². The van der Waals surface area contributed by atoms with Crippen molar-refractivity contribution >= 4 is 17.7 Å². The first-order chi connectivity index (χ1) is 11.5. The Morgan fingerprint density at radius 2 is 1.33 bits per heavy atom. The van der Waals surface area contributed by atoms with Gasteiger partial charge < -0.3 is 9.47 Å².